The maximum atomic E-state index is 3.11. The van der Waals surface area contributed by atoms with Crippen LogP contribution in [-0.4, -0.2) is 14.1 Å². The zero-order valence-electron chi connectivity index (χ0n) is 7.02. The fraction of sp³-hybridized carbons (Fsp3) is 0.333. The van der Waals surface area contributed by atoms with E-state index >= 15 is 0 Å². The smallest absolute Gasteiger partial charge is 0.0340 e. The summed E-state index contributed by atoms with van der Waals surface area (Å²) in [5.74, 6) is 0. The van der Waals surface area contributed by atoms with Crippen molar-refractivity contribution in [3.8, 4) is 0 Å². The average molecular weight is 150 g/mol. The first kappa shape index (κ1) is 8.08. The van der Waals surface area contributed by atoms with Crippen molar-refractivity contribution in [2.75, 3.05) is 19.4 Å². The molecule has 2 nitrogen and oxygen atoms in total. The fourth-order valence-electron chi connectivity index (χ4n) is 1.04. The Bertz CT molecular complexity index is 221. The quantitative estimate of drug-likeness (QED) is 0.681. The van der Waals surface area contributed by atoms with Gasteiger partial charge in [0.2, 0.25) is 0 Å². The van der Waals surface area contributed by atoms with Gasteiger partial charge >= 0.3 is 0 Å². The summed E-state index contributed by atoms with van der Waals surface area (Å²) in [5, 5.41) is 6.21. The predicted octanol–water partition coefficient (Wildman–Crippen LogP) is 1.45. The van der Waals surface area contributed by atoms with Gasteiger partial charge in [-0.2, -0.15) is 0 Å². The Hall–Kier alpha value is -1.02. The largest absolute Gasteiger partial charge is 0.388 e. The summed E-state index contributed by atoms with van der Waals surface area (Å²) in [5.41, 5.74) is 2.47. The molecule has 2 N–H and O–H groups in total. The molecule has 0 aromatic heterocycles. The number of rotatable bonds is 3. The predicted molar refractivity (Wildman–Crippen MR) is 48.8 cm³/mol. The van der Waals surface area contributed by atoms with Crippen molar-refractivity contribution < 1.29 is 0 Å². The molecule has 0 unspecified atom stereocenters. The van der Waals surface area contributed by atoms with E-state index in [9.17, 15) is 0 Å². The first-order chi connectivity index (χ1) is 5.36. The molecule has 0 radical (unpaired) electrons. The minimum absolute atomic E-state index is 0.926. The average Bonchev–Trinajstić information content (AvgIpc) is 2.06. The van der Waals surface area contributed by atoms with Crippen LogP contribution in [0.2, 0.25) is 0 Å². The minimum atomic E-state index is 0.926. The highest BCUT2D eigenvalue weighted by molar-refractivity contribution is 5.44. The first-order valence-electron chi connectivity index (χ1n) is 3.78. The molecular weight excluding hydrogens is 136 g/mol. The van der Waals surface area contributed by atoms with Crippen LogP contribution in [0.15, 0.2) is 24.3 Å². The van der Waals surface area contributed by atoms with Gasteiger partial charge in [0.25, 0.3) is 0 Å². The van der Waals surface area contributed by atoms with Gasteiger partial charge in [0.05, 0.1) is 0 Å². The molecule has 1 aromatic rings. The van der Waals surface area contributed by atoms with Crippen molar-refractivity contribution in [1.29, 1.82) is 0 Å². The van der Waals surface area contributed by atoms with Gasteiger partial charge in [-0.3, -0.25) is 0 Å². The lowest BCUT2D eigenvalue weighted by Crippen LogP contribution is -2.04. The van der Waals surface area contributed by atoms with Crippen LogP contribution < -0.4 is 10.6 Å². The van der Waals surface area contributed by atoms with E-state index in [1.165, 1.54) is 5.56 Å². The Balaban J connectivity index is 2.74. The third-order valence-electron chi connectivity index (χ3n) is 1.60. The molecule has 0 aliphatic carbocycles. The summed E-state index contributed by atoms with van der Waals surface area (Å²) in [6, 6.07) is 8.35. The van der Waals surface area contributed by atoms with Gasteiger partial charge in [-0.05, 0) is 24.7 Å². The van der Waals surface area contributed by atoms with Crippen molar-refractivity contribution in [3.63, 3.8) is 0 Å². The van der Waals surface area contributed by atoms with Crippen molar-refractivity contribution in [1.82, 2.24) is 5.32 Å². The zero-order chi connectivity index (χ0) is 8.10. The molecule has 11 heavy (non-hydrogen) atoms. The van der Waals surface area contributed by atoms with Crippen molar-refractivity contribution in [3.05, 3.63) is 29.8 Å². The molecular formula is C9H14N2. The van der Waals surface area contributed by atoms with E-state index in [4.69, 9.17) is 0 Å². The molecule has 60 valence electrons. The first-order valence-corrected chi connectivity index (χ1v) is 3.78. The van der Waals surface area contributed by atoms with Gasteiger partial charge in [0, 0.05) is 19.3 Å². The minimum Gasteiger partial charge on any atom is -0.388 e. The second-order valence-electron chi connectivity index (χ2n) is 2.48. The van der Waals surface area contributed by atoms with Gasteiger partial charge in [0.1, 0.15) is 0 Å². The second-order valence-corrected chi connectivity index (χ2v) is 2.48. The number of nitrogens with one attached hydrogen (secondary N) is 2. The summed E-state index contributed by atoms with van der Waals surface area (Å²) in [6.45, 7) is 0.926. The zero-order valence-corrected chi connectivity index (χ0v) is 7.02. The lowest BCUT2D eigenvalue weighted by molar-refractivity contribution is 0.818. The monoisotopic (exact) mass is 150 g/mol. The van der Waals surface area contributed by atoms with Crippen LogP contribution in [0.1, 0.15) is 5.56 Å². The van der Waals surface area contributed by atoms with Crippen LogP contribution >= 0.6 is 0 Å². The molecule has 0 spiro atoms. The molecule has 1 rings (SSSR count). The molecule has 2 heteroatoms. The van der Waals surface area contributed by atoms with Crippen molar-refractivity contribution in [2.24, 2.45) is 0 Å². The molecule has 0 saturated heterocycles. The number of hydrogen-bond donors (Lipinski definition) is 2. The topological polar surface area (TPSA) is 24.1 Å². The molecule has 0 saturated carbocycles. The van der Waals surface area contributed by atoms with Gasteiger partial charge < -0.3 is 10.6 Å². The van der Waals surface area contributed by atoms with Gasteiger partial charge in [-0.1, -0.05) is 12.1 Å². The Kier molecular flexibility index (Phi) is 2.93. The molecule has 0 bridgehead atoms. The Morgan fingerprint density at radius 2 is 2.09 bits per heavy atom. The Morgan fingerprint density at radius 1 is 1.27 bits per heavy atom. The van der Waals surface area contributed by atoms with Crippen molar-refractivity contribution >= 4 is 5.69 Å². The molecule has 0 aliphatic rings. The van der Waals surface area contributed by atoms with Crippen LogP contribution in [0.5, 0.6) is 0 Å². The van der Waals surface area contributed by atoms with Crippen molar-refractivity contribution in [2.45, 2.75) is 6.54 Å². The molecule has 0 amide bonds. The number of hydrogen-bond acceptors (Lipinski definition) is 2. The number of anilines is 1. The highest BCUT2D eigenvalue weighted by Crippen LogP contribution is 2.08. The normalized spacial score (nSPS) is 9.64. The summed E-state index contributed by atoms with van der Waals surface area (Å²) in [6.07, 6.45) is 0. The highest BCUT2D eigenvalue weighted by atomic mass is 14.8. The van der Waals surface area contributed by atoms with E-state index in [2.05, 4.69) is 34.9 Å². The molecule has 0 heterocycles. The molecule has 0 atom stereocenters. The lowest BCUT2D eigenvalue weighted by atomic mass is 10.2. The maximum Gasteiger partial charge on any atom is 0.0340 e. The summed E-state index contributed by atoms with van der Waals surface area (Å²) in [4.78, 5) is 0. The van der Waals surface area contributed by atoms with Crippen LogP contribution in [0.25, 0.3) is 0 Å². The molecule has 0 fully saturated rings. The fourth-order valence-corrected chi connectivity index (χ4v) is 1.04. The Morgan fingerprint density at radius 3 is 2.73 bits per heavy atom. The number of benzene rings is 1. The maximum absolute atomic E-state index is 3.11. The summed E-state index contributed by atoms with van der Waals surface area (Å²) < 4.78 is 0. The van der Waals surface area contributed by atoms with Crippen LogP contribution in [0.3, 0.4) is 0 Å². The van der Waals surface area contributed by atoms with E-state index in [1.54, 1.807) is 0 Å². The van der Waals surface area contributed by atoms with E-state index in [0.29, 0.717) is 0 Å². The third-order valence-corrected chi connectivity index (χ3v) is 1.60. The van der Waals surface area contributed by atoms with E-state index < -0.39 is 0 Å². The van der Waals surface area contributed by atoms with Crippen LogP contribution in [0.4, 0.5) is 5.69 Å². The van der Waals surface area contributed by atoms with Gasteiger partial charge in [-0.25, -0.2) is 0 Å². The molecule has 0 aliphatic heterocycles. The standard InChI is InChI=1S/C9H14N2/c1-10-7-8-4-3-5-9(6-8)11-2/h3-6,10-11H,7H2,1-2H3. The SMILES string of the molecule is CNCc1cccc(NC)c1. The van der Waals surface area contributed by atoms with E-state index in [-0.39, 0.29) is 0 Å². The van der Waals surface area contributed by atoms with Gasteiger partial charge in [0.15, 0.2) is 0 Å². The second kappa shape index (κ2) is 3.98. The van der Waals surface area contributed by atoms with Crippen LogP contribution in [-0.2, 0) is 6.54 Å². The highest BCUT2D eigenvalue weighted by Gasteiger charge is 1.90. The molecule has 1 aromatic carbocycles. The summed E-state index contributed by atoms with van der Waals surface area (Å²) in [7, 11) is 3.88. The van der Waals surface area contributed by atoms with E-state index in [0.717, 1.165) is 12.2 Å². The Labute approximate surface area is 67.6 Å². The van der Waals surface area contributed by atoms with Crippen LogP contribution in [0, 0.1) is 0 Å². The van der Waals surface area contributed by atoms with Gasteiger partial charge in [-0.15, -0.1) is 0 Å². The lowest BCUT2D eigenvalue weighted by Gasteiger charge is -2.03. The summed E-state index contributed by atoms with van der Waals surface area (Å²) >= 11 is 0. The third kappa shape index (κ3) is 2.24. The van der Waals surface area contributed by atoms with E-state index in [1.807, 2.05) is 14.1 Å².